The molecule has 0 spiro atoms. The summed E-state index contributed by atoms with van der Waals surface area (Å²) in [7, 11) is -1.66. The molecule has 1 saturated heterocycles. The van der Waals surface area contributed by atoms with Crippen LogP contribution in [0.25, 0.3) is 0 Å². The van der Waals surface area contributed by atoms with Crippen LogP contribution in [0.3, 0.4) is 0 Å². The third-order valence-corrected chi connectivity index (χ3v) is 9.45. The summed E-state index contributed by atoms with van der Waals surface area (Å²) in [6.45, 7) is 13.5. The molecular formula is C15H25BrN2OSi. The third-order valence-electron chi connectivity index (χ3n) is 4.45. The Labute approximate surface area is 132 Å². The Morgan fingerprint density at radius 3 is 2.60 bits per heavy atom. The molecule has 2 heterocycles. The van der Waals surface area contributed by atoms with Crippen LogP contribution in [0.1, 0.15) is 27.2 Å². The number of hydrogen-bond acceptors (Lipinski definition) is 3. The number of anilines is 1. The van der Waals surface area contributed by atoms with Crippen molar-refractivity contribution in [1.29, 1.82) is 0 Å². The highest BCUT2D eigenvalue weighted by Crippen LogP contribution is 2.38. The number of rotatable bonds is 3. The summed E-state index contributed by atoms with van der Waals surface area (Å²) in [5, 5.41) is 0.274. The van der Waals surface area contributed by atoms with Crippen LogP contribution in [0, 0.1) is 0 Å². The second-order valence-electron chi connectivity index (χ2n) is 7.07. The van der Waals surface area contributed by atoms with Crippen molar-refractivity contribution < 1.29 is 4.43 Å². The highest BCUT2D eigenvalue weighted by molar-refractivity contribution is 9.10. The molecule has 1 aromatic rings. The molecule has 5 heteroatoms. The second-order valence-corrected chi connectivity index (χ2v) is 12.7. The molecular weight excluding hydrogens is 332 g/mol. The monoisotopic (exact) mass is 356 g/mol. The van der Waals surface area contributed by atoms with Crippen LogP contribution in [-0.4, -0.2) is 32.5 Å². The average Bonchev–Trinajstić information content (AvgIpc) is 2.76. The lowest BCUT2D eigenvalue weighted by atomic mass is 10.2. The predicted octanol–water partition coefficient (Wildman–Crippen LogP) is 4.44. The maximum atomic E-state index is 6.50. The molecule has 20 heavy (non-hydrogen) atoms. The zero-order valence-corrected chi connectivity index (χ0v) is 15.7. The van der Waals surface area contributed by atoms with Gasteiger partial charge in [-0.05, 0) is 52.6 Å². The molecule has 0 unspecified atom stereocenters. The highest BCUT2D eigenvalue weighted by atomic mass is 79.9. The van der Waals surface area contributed by atoms with E-state index in [1.165, 1.54) is 0 Å². The molecule has 3 nitrogen and oxygen atoms in total. The molecule has 1 atom stereocenters. The van der Waals surface area contributed by atoms with Gasteiger partial charge in [-0.1, -0.05) is 20.8 Å². The van der Waals surface area contributed by atoms with Crippen LogP contribution in [-0.2, 0) is 4.43 Å². The van der Waals surface area contributed by atoms with Gasteiger partial charge in [0.2, 0.25) is 0 Å². The fourth-order valence-electron chi connectivity index (χ4n) is 2.18. The maximum Gasteiger partial charge on any atom is 0.192 e. The summed E-state index contributed by atoms with van der Waals surface area (Å²) >= 11 is 3.43. The van der Waals surface area contributed by atoms with Gasteiger partial charge in [-0.3, -0.25) is 0 Å². The zero-order chi connectivity index (χ0) is 15.0. The fraction of sp³-hybridized carbons (Fsp3) is 0.667. The van der Waals surface area contributed by atoms with Crippen molar-refractivity contribution >= 4 is 30.1 Å². The lowest BCUT2D eigenvalue weighted by Crippen LogP contribution is -2.44. The van der Waals surface area contributed by atoms with Crippen LogP contribution < -0.4 is 4.90 Å². The first-order valence-corrected chi connectivity index (χ1v) is 10.9. The largest absolute Gasteiger partial charge is 0.412 e. The molecule has 0 bridgehead atoms. The van der Waals surface area contributed by atoms with E-state index in [-0.39, 0.29) is 5.04 Å². The van der Waals surface area contributed by atoms with Gasteiger partial charge in [0.25, 0.3) is 0 Å². The molecule has 0 aliphatic carbocycles. The van der Waals surface area contributed by atoms with Crippen molar-refractivity contribution in [2.24, 2.45) is 0 Å². The van der Waals surface area contributed by atoms with Crippen LogP contribution in [0.5, 0.6) is 0 Å². The van der Waals surface area contributed by atoms with Gasteiger partial charge in [0.15, 0.2) is 8.32 Å². The Balaban J connectivity index is 1.98. The van der Waals surface area contributed by atoms with Crippen molar-refractivity contribution in [2.75, 3.05) is 18.0 Å². The van der Waals surface area contributed by atoms with Crippen molar-refractivity contribution in [2.45, 2.75) is 51.4 Å². The van der Waals surface area contributed by atoms with Crippen molar-refractivity contribution in [3.05, 3.63) is 22.8 Å². The molecule has 1 aliphatic rings. The van der Waals surface area contributed by atoms with Gasteiger partial charge in [0.05, 0.1) is 6.10 Å². The Kier molecular flexibility index (Phi) is 4.62. The summed E-state index contributed by atoms with van der Waals surface area (Å²) in [4.78, 5) is 6.80. The van der Waals surface area contributed by atoms with Crippen molar-refractivity contribution in [1.82, 2.24) is 4.98 Å². The van der Waals surface area contributed by atoms with Crippen LogP contribution in [0.15, 0.2) is 22.8 Å². The molecule has 0 N–H and O–H groups in total. The molecule has 112 valence electrons. The molecule has 0 aromatic carbocycles. The van der Waals surface area contributed by atoms with Gasteiger partial charge in [-0.15, -0.1) is 0 Å². The van der Waals surface area contributed by atoms with E-state index in [0.29, 0.717) is 6.10 Å². The fourth-order valence-corrected chi connectivity index (χ4v) is 3.79. The smallest absolute Gasteiger partial charge is 0.192 e. The second kappa shape index (κ2) is 5.77. The predicted molar refractivity (Wildman–Crippen MR) is 90.8 cm³/mol. The van der Waals surface area contributed by atoms with Crippen molar-refractivity contribution in [3.8, 4) is 0 Å². The van der Waals surface area contributed by atoms with E-state index in [2.05, 4.69) is 65.7 Å². The van der Waals surface area contributed by atoms with E-state index in [0.717, 1.165) is 29.8 Å². The van der Waals surface area contributed by atoms with Gasteiger partial charge in [-0.25, -0.2) is 4.98 Å². The van der Waals surface area contributed by atoms with Gasteiger partial charge in [-0.2, -0.15) is 0 Å². The van der Waals surface area contributed by atoms with Gasteiger partial charge < -0.3 is 9.33 Å². The van der Waals surface area contributed by atoms with Crippen LogP contribution in [0.4, 0.5) is 5.82 Å². The first-order valence-electron chi connectivity index (χ1n) is 7.23. The lowest BCUT2D eigenvalue weighted by Gasteiger charge is -2.38. The Morgan fingerprint density at radius 1 is 1.35 bits per heavy atom. The topological polar surface area (TPSA) is 25.4 Å². The molecule has 0 saturated carbocycles. The van der Waals surface area contributed by atoms with E-state index in [4.69, 9.17) is 4.43 Å². The summed E-state index contributed by atoms with van der Waals surface area (Å²) in [6, 6.07) is 4.11. The molecule has 1 aromatic heterocycles. The van der Waals surface area contributed by atoms with Crippen molar-refractivity contribution in [3.63, 3.8) is 0 Å². The van der Waals surface area contributed by atoms with E-state index in [1.807, 2.05) is 12.3 Å². The minimum atomic E-state index is -1.66. The number of halogens is 1. The van der Waals surface area contributed by atoms with Gasteiger partial charge in [0, 0.05) is 23.8 Å². The highest BCUT2D eigenvalue weighted by Gasteiger charge is 2.40. The van der Waals surface area contributed by atoms with E-state index >= 15 is 0 Å². The van der Waals surface area contributed by atoms with Gasteiger partial charge in [0.1, 0.15) is 5.82 Å². The van der Waals surface area contributed by atoms with Gasteiger partial charge >= 0.3 is 0 Å². The Bertz CT molecular complexity index is 456. The molecule has 1 aliphatic heterocycles. The Hall–Kier alpha value is -0.393. The summed E-state index contributed by atoms with van der Waals surface area (Å²) in [5.41, 5.74) is 0. The number of pyridine rings is 1. The quantitative estimate of drug-likeness (QED) is 0.748. The normalized spacial score (nSPS) is 20.5. The molecule has 2 rings (SSSR count). The van der Waals surface area contributed by atoms with Crippen LogP contribution in [0.2, 0.25) is 18.1 Å². The summed E-state index contributed by atoms with van der Waals surface area (Å²) in [5.74, 6) is 1.05. The van der Waals surface area contributed by atoms with Crippen LogP contribution >= 0.6 is 15.9 Å². The lowest BCUT2D eigenvalue weighted by molar-refractivity contribution is 0.202. The number of nitrogens with zero attached hydrogens (tertiary/aromatic N) is 2. The first kappa shape index (κ1) is 16.0. The van der Waals surface area contributed by atoms with E-state index in [9.17, 15) is 0 Å². The molecule has 1 fully saturated rings. The SMILES string of the molecule is CC(C)(C)[Si](C)(C)O[C@@H]1CCN(c2ccc(Br)cn2)C1. The molecule has 0 radical (unpaired) electrons. The van der Waals surface area contributed by atoms with E-state index in [1.54, 1.807) is 0 Å². The number of hydrogen-bond donors (Lipinski definition) is 0. The maximum absolute atomic E-state index is 6.50. The third kappa shape index (κ3) is 3.62. The average molecular weight is 357 g/mol. The summed E-state index contributed by atoms with van der Waals surface area (Å²) in [6.07, 6.45) is 3.31. The number of aromatic nitrogens is 1. The standard InChI is InChI=1S/C15H25BrN2OSi/c1-15(2,3)20(4,5)19-13-8-9-18(11-13)14-7-6-12(16)10-17-14/h6-7,10,13H,8-9,11H2,1-5H3/t13-/m1/s1. The zero-order valence-electron chi connectivity index (χ0n) is 13.1. The minimum Gasteiger partial charge on any atom is -0.412 e. The Morgan fingerprint density at radius 2 is 2.05 bits per heavy atom. The minimum absolute atomic E-state index is 0.274. The van der Waals surface area contributed by atoms with E-state index < -0.39 is 8.32 Å². The first-order chi connectivity index (χ1) is 9.19. The molecule has 0 amide bonds. The summed E-state index contributed by atoms with van der Waals surface area (Å²) < 4.78 is 7.52.